The zero-order valence-electron chi connectivity index (χ0n) is 21.1. The second-order valence-electron chi connectivity index (χ2n) is 9.18. The molecule has 0 aliphatic carbocycles. The monoisotopic (exact) mass is 485 g/mol. The van der Waals surface area contributed by atoms with Gasteiger partial charge in [-0.05, 0) is 50.1 Å². The second kappa shape index (κ2) is 9.89. The van der Waals surface area contributed by atoms with Gasteiger partial charge in [0, 0.05) is 24.7 Å². The van der Waals surface area contributed by atoms with Crippen LogP contribution in [0.15, 0.2) is 54.6 Å². The highest BCUT2D eigenvalue weighted by atomic mass is 16.5. The molecular weight excluding hydrogens is 454 g/mol. The normalized spacial score (nSPS) is 15.3. The van der Waals surface area contributed by atoms with Crippen LogP contribution in [0.25, 0.3) is 16.9 Å². The molecule has 8 nitrogen and oxygen atoms in total. The van der Waals surface area contributed by atoms with Crippen molar-refractivity contribution in [1.82, 2.24) is 19.9 Å². The summed E-state index contributed by atoms with van der Waals surface area (Å²) in [5.41, 5.74) is 6.50. The van der Waals surface area contributed by atoms with Gasteiger partial charge in [-0.3, -0.25) is 4.79 Å². The molecular formula is C28H31N5O3. The van der Waals surface area contributed by atoms with Crippen LogP contribution in [0.1, 0.15) is 23.4 Å². The largest absolute Gasteiger partial charge is 0.493 e. The number of ether oxygens (including phenoxy) is 2. The number of aromatic nitrogens is 3. The molecule has 0 radical (unpaired) electrons. The van der Waals surface area contributed by atoms with Crippen LogP contribution in [0.3, 0.4) is 0 Å². The molecule has 0 unspecified atom stereocenters. The number of aryl methyl sites for hydroxylation is 2. The molecule has 1 aliphatic rings. The number of rotatable bonds is 7. The van der Waals surface area contributed by atoms with Crippen LogP contribution >= 0.6 is 0 Å². The Morgan fingerprint density at radius 1 is 1.06 bits per heavy atom. The van der Waals surface area contributed by atoms with E-state index in [9.17, 15) is 4.79 Å². The average molecular weight is 486 g/mol. The zero-order valence-corrected chi connectivity index (χ0v) is 21.1. The van der Waals surface area contributed by atoms with Crippen molar-refractivity contribution in [2.24, 2.45) is 0 Å². The Morgan fingerprint density at radius 2 is 1.83 bits per heavy atom. The Kier molecular flexibility index (Phi) is 6.50. The topological polar surface area (TPSA) is 81.0 Å². The van der Waals surface area contributed by atoms with Crippen molar-refractivity contribution in [1.29, 1.82) is 0 Å². The van der Waals surface area contributed by atoms with Crippen LogP contribution in [-0.2, 0) is 11.2 Å². The number of hydrogen-bond donors (Lipinski definition) is 1. The van der Waals surface area contributed by atoms with E-state index >= 15 is 0 Å². The van der Waals surface area contributed by atoms with Crippen LogP contribution in [0.4, 0.5) is 5.69 Å². The van der Waals surface area contributed by atoms with Crippen LogP contribution in [0, 0.1) is 13.8 Å². The van der Waals surface area contributed by atoms with Crippen LogP contribution in [0.2, 0.25) is 0 Å². The first kappa shape index (κ1) is 23.7. The van der Waals surface area contributed by atoms with E-state index in [0.717, 1.165) is 59.1 Å². The van der Waals surface area contributed by atoms with Crippen molar-refractivity contribution in [2.75, 3.05) is 32.2 Å². The highest BCUT2D eigenvalue weighted by Crippen LogP contribution is 2.35. The SMILES string of the molecule is COc1ccc(-c2c(C)nc3c(N4CC[C@@H](NC(=O)Cc5ccccc5)C4)cc(C)nn23)cc1OC. The van der Waals surface area contributed by atoms with Crippen molar-refractivity contribution in [3.8, 4) is 22.8 Å². The molecule has 0 spiro atoms. The van der Waals surface area contributed by atoms with E-state index in [1.165, 1.54) is 0 Å². The van der Waals surface area contributed by atoms with E-state index in [0.29, 0.717) is 17.9 Å². The fourth-order valence-electron chi connectivity index (χ4n) is 4.93. The lowest BCUT2D eigenvalue weighted by Gasteiger charge is -2.20. The summed E-state index contributed by atoms with van der Waals surface area (Å²) >= 11 is 0. The molecule has 1 N–H and O–H groups in total. The second-order valence-corrected chi connectivity index (χ2v) is 9.18. The molecule has 1 aliphatic heterocycles. The summed E-state index contributed by atoms with van der Waals surface area (Å²) in [6, 6.07) is 17.8. The maximum Gasteiger partial charge on any atom is 0.224 e. The van der Waals surface area contributed by atoms with Crippen LogP contribution < -0.4 is 19.7 Å². The minimum Gasteiger partial charge on any atom is -0.493 e. The number of nitrogens with one attached hydrogen (secondary N) is 1. The quantitative estimate of drug-likeness (QED) is 0.427. The predicted molar refractivity (Wildman–Crippen MR) is 140 cm³/mol. The Labute approximate surface area is 210 Å². The third-order valence-corrected chi connectivity index (χ3v) is 6.62. The summed E-state index contributed by atoms with van der Waals surface area (Å²) in [6.07, 6.45) is 1.28. The lowest BCUT2D eigenvalue weighted by molar-refractivity contribution is -0.121. The molecule has 4 aromatic rings. The van der Waals surface area contributed by atoms with Gasteiger partial charge in [0.25, 0.3) is 0 Å². The van der Waals surface area contributed by atoms with Gasteiger partial charge in [0.15, 0.2) is 17.1 Å². The number of methoxy groups -OCH3 is 2. The Hall–Kier alpha value is -4.07. The first-order valence-corrected chi connectivity index (χ1v) is 12.1. The van der Waals surface area contributed by atoms with Gasteiger partial charge >= 0.3 is 0 Å². The molecule has 1 fully saturated rings. The predicted octanol–water partition coefficient (Wildman–Crippen LogP) is 3.97. The summed E-state index contributed by atoms with van der Waals surface area (Å²) in [5.74, 6) is 1.39. The molecule has 0 bridgehead atoms. The molecule has 1 atom stereocenters. The molecule has 0 saturated carbocycles. The first-order chi connectivity index (χ1) is 17.5. The highest BCUT2D eigenvalue weighted by Gasteiger charge is 2.27. The van der Waals surface area contributed by atoms with Gasteiger partial charge in [-0.25, -0.2) is 9.50 Å². The van der Waals surface area contributed by atoms with E-state index in [1.54, 1.807) is 14.2 Å². The number of fused-ring (bicyclic) bond motifs is 1. The van der Waals surface area contributed by atoms with Crippen LogP contribution in [0.5, 0.6) is 11.5 Å². The van der Waals surface area contributed by atoms with E-state index in [-0.39, 0.29) is 11.9 Å². The van der Waals surface area contributed by atoms with Gasteiger partial charge < -0.3 is 19.7 Å². The molecule has 2 aromatic carbocycles. The van der Waals surface area contributed by atoms with Gasteiger partial charge in [0.05, 0.1) is 43.4 Å². The van der Waals surface area contributed by atoms with Crippen molar-refractivity contribution < 1.29 is 14.3 Å². The number of anilines is 1. The fraction of sp³-hybridized carbons (Fsp3) is 0.321. The minimum absolute atomic E-state index is 0.0523. The van der Waals surface area contributed by atoms with Crippen molar-refractivity contribution in [3.63, 3.8) is 0 Å². The van der Waals surface area contributed by atoms with Crippen LogP contribution in [-0.4, -0.2) is 53.9 Å². The summed E-state index contributed by atoms with van der Waals surface area (Å²) < 4.78 is 12.8. The van der Waals surface area contributed by atoms with Gasteiger partial charge in [-0.15, -0.1) is 0 Å². The average Bonchev–Trinajstić information content (AvgIpc) is 3.47. The van der Waals surface area contributed by atoms with Crippen molar-refractivity contribution >= 4 is 17.2 Å². The van der Waals surface area contributed by atoms with E-state index in [1.807, 2.05) is 66.9 Å². The third-order valence-electron chi connectivity index (χ3n) is 6.62. The molecule has 186 valence electrons. The Balaban J connectivity index is 1.41. The number of hydrogen-bond acceptors (Lipinski definition) is 6. The number of benzene rings is 2. The van der Waals surface area contributed by atoms with E-state index in [2.05, 4.69) is 16.3 Å². The molecule has 1 saturated heterocycles. The molecule has 36 heavy (non-hydrogen) atoms. The van der Waals surface area contributed by atoms with Gasteiger partial charge in [-0.2, -0.15) is 5.10 Å². The van der Waals surface area contributed by atoms with Gasteiger partial charge in [0.2, 0.25) is 5.91 Å². The van der Waals surface area contributed by atoms with Gasteiger partial charge in [-0.1, -0.05) is 30.3 Å². The highest BCUT2D eigenvalue weighted by molar-refractivity contribution is 5.80. The number of carbonyl (C=O) groups excluding carboxylic acids is 1. The minimum atomic E-state index is 0.0523. The number of imidazole rings is 1. The molecule has 8 heteroatoms. The third kappa shape index (κ3) is 4.58. The Morgan fingerprint density at radius 3 is 2.58 bits per heavy atom. The lowest BCUT2D eigenvalue weighted by atomic mass is 10.1. The van der Waals surface area contributed by atoms with Gasteiger partial charge in [0.1, 0.15) is 0 Å². The first-order valence-electron chi connectivity index (χ1n) is 12.1. The summed E-state index contributed by atoms with van der Waals surface area (Å²) in [4.78, 5) is 19.8. The summed E-state index contributed by atoms with van der Waals surface area (Å²) in [6.45, 7) is 5.56. The number of amides is 1. The summed E-state index contributed by atoms with van der Waals surface area (Å²) in [5, 5.41) is 8.01. The number of carbonyl (C=O) groups is 1. The maximum absolute atomic E-state index is 12.6. The smallest absolute Gasteiger partial charge is 0.224 e. The van der Waals surface area contributed by atoms with E-state index in [4.69, 9.17) is 19.6 Å². The Bertz CT molecular complexity index is 1400. The maximum atomic E-state index is 12.6. The molecule has 5 rings (SSSR count). The number of nitrogens with zero attached hydrogens (tertiary/aromatic N) is 4. The van der Waals surface area contributed by atoms with Crippen molar-refractivity contribution in [2.45, 2.75) is 32.7 Å². The zero-order chi connectivity index (χ0) is 25.2. The lowest BCUT2D eigenvalue weighted by Crippen LogP contribution is -2.38. The molecule has 2 aromatic heterocycles. The summed E-state index contributed by atoms with van der Waals surface area (Å²) in [7, 11) is 3.26. The standard InChI is InChI=1S/C28H31N5O3/c1-18-14-23(32-13-12-22(17-32)30-26(34)15-20-8-6-5-7-9-20)28-29-19(2)27(33(28)31-18)21-10-11-24(35-3)25(16-21)36-4/h5-11,14,16,22H,12-13,15,17H2,1-4H3,(H,30,34)/t22-/m1/s1. The molecule has 1 amide bonds. The molecule has 3 heterocycles. The van der Waals surface area contributed by atoms with Crippen molar-refractivity contribution in [3.05, 3.63) is 71.5 Å². The fourth-order valence-corrected chi connectivity index (χ4v) is 4.93. The van der Waals surface area contributed by atoms with E-state index < -0.39 is 0 Å².